The summed E-state index contributed by atoms with van der Waals surface area (Å²) in [5, 5.41) is 9.92. The van der Waals surface area contributed by atoms with Gasteiger partial charge in [0.25, 0.3) is 0 Å². The van der Waals surface area contributed by atoms with Crippen molar-refractivity contribution in [2.75, 3.05) is 13.1 Å². The highest BCUT2D eigenvalue weighted by atomic mass is 35.5. The Hall–Kier alpha value is -2.28. The molecule has 4 heterocycles. The van der Waals surface area contributed by atoms with Crippen LogP contribution in [0, 0.1) is 0 Å². The minimum absolute atomic E-state index is 0. The van der Waals surface area contributed by atoms with Crippen LogP contribution in [-0.4, -0.2) is 32.8 Å². The van der Waals surface area contributed by atoms with Crippen molar-refractivity contribution >= 4 is 50.6 Å². The van der Waals surface area contributed by atoms with E-state index in [1.54, 1.807) is 11.3 Å². The monoisotopic (exact) mass is 383 g/mol. The van der Waals surface area contributed by atoms with Gasteiger partial charge < -0.3 is 5.32 Å². The SMILES string of the molecule is Cl.Cn1cc2cc(-c3nc4ncc(C5=CCNCC5)cc4s3)ccc2n1. The fraction of sp³-hybridized carbons (Fsp3) is 0.211. The van der Waals surface area contributed by atoms with Crippen LogP contribution in [0.15, 0.2) is 42.7 Å². The number of hydrogen-bond donors (Lipinski definition) is 1. The van der Waals surface area contributed by atoms with Gasteiger partial charge in [0.2, 0.25) is 0 Å². The van der Waals surface area contributed by atoms with Crippen LogP contribution in [0.1, 0.15) is 12.0 Å². The Morgan fingerprint density at radius 2 is 2.12 bits per heavy atom. The normalized spacial score (nSPS) is 14.4. The molecule has 0 atom stereocenters. The Bertz CT molecular complexity index is 1130. The Labute approximate surface area is 161 Å². The molecule has 5 rings (SSSR count). The summed E-state index contributed by atoms with van der Waals surface area (Å²) < 4.78 is 2.98. The lowest BCUT2D eigenvalue weighted by atomic mass is 10.0. The van der Waals surface area contributed by atoms with Gasteiger partial charge in [0.15, 0.2) is 5.65 Å². The van der Waals surface area contributed by atoms with Crippen molar-refractivity contribution in [3.8, 4) is 10.6 Å². The van der Waals surface area contributed by atoms with E-state index in [-0.39, 0.29) is 12.4 Å². The Morgan fingerprint density at radius 1 is 1.19 bits per heavy atom. The minimum atomic E-state index is 0. The molecule has 1 N–H and O–H groups in total. The summed E-state index contributed by atoms with van der Waals surface area (Å²) in [6.07, 6.45) is 7.29. The number of aromatic nitrogens is 4. The molecule has 0 spiro atoms. The molecule has 0 amide bonds. The van der Waals surface area contributed by atoms with Gasteiger partial charge in [-0.05, 0) is 48.4 Å². The second kappa shape index (κ2) is 6.79. The van der Waals surface area contributed by atoms with Gasteiger partial charge in [-0.3, -0.25) is 4.68 Å². The molecule has 5 nitrogen and oxygen atoms in total. The summed E-state index contributed by atoms with van der Waals surface area (Å²) in [6.45, 7) is 1.97. The molecule has 26 heavy (non-hydrogen) atoms. The van der Waals surface area contributed by atoms with Crippen molar-refractivity contribution in [3.63, 3.8) is 0 Å². The molecule has 3 aromatic heterocycles. The lowest BCUT2D eigenvalue weighted by molar-refractivity contribution is 0.738. The maximum atomic E-state index is 4.73. The van der Waals surface area contributed by atoms with E-state index >= 15 is 0 Å². The molecule has 0 saturated carbocycles. The molecule has 7 heteroatoms. The number of nitrogens with zero attached hydrogens (tertiary/aromatic N) is 4. The van der Waals surface area contributed by atoms with Crippen molar-refractivity contribution in [1.82, 2.24) is 25.1 Å². The zero-order valence-corrected chi connectivity index (χ0v) is 15.9. The third-order valence-corrected chi connectivity index (χ3v) is 5.59. The van der Waals surface area contributed by atoms with E-state index in [1.807, 2.05) is 24.1 Å². The predicted molar refractivity (Wildman–Crippen MR) is 110 cm³/mol. The molecule has 132 valence electrons. The lowest BCUT2D eigenvalue weighted by Gasteiger charge is -2.13. The van der Waals surface area contributed by atoms with E-state index in [0.29, 0.717) is 0 Å². The Morgan fingerprint density at radius 3 is 2.96 bits per heavy atom. The molecule has 1 aliphatic rings. The minimum Gasteiger partial charge on any atom is -0.313 e. The lowest BCUT2D eigenvalue weighted by Crippen LogP contribution is -2.20. The summed E-state index contributed by atoms with van der Waals surface area (Å²) in [5.74, 6) is 0. The quantitative estimate of drug-likeness (QED) is 0.567. The second-order valence-electron chi connectivity index (χ2n) is 6.32. The van der Waals surface area contributed by atoms with E-state index in [1.165, 1.54) is 11.1 Å². The zero-order chi connectivity index (χ0) is 16.8. The van der Waals surface area contributed by atoms with E-state index in [2.05, 4.69) is 45.7 Å². The number of benzene rings is 1. The van der Waals surface area contributed by atoms with Gasteiger partial charge in [0.1, 0.15) is 5.01 Å². The highest BCUT2D eigenvalue weighted by Gasteiger charge is 2.12. The number of thiazole rings is 1. The average Bonchev–Trinajstić information content (AvgIpc) is 3.23. The van der Waals surface area contributed by atoms with Crippen molar-refractivity contribution < 1.29 is 0 Å². The van der Waals surface area contributed by atoms with Gasteiger partial charge in [-0.2, -0.15) is 5.10 Å². The molecule has 1 aromatic carbocycles. The number of aryl methyl sites for hydroxylation is 1. The fourth-order valence-electron chi connectivity index (χ4n) is 3.29. The van der Waals surface area contributed by atoms with Crippen molar-refractivity contribution in [1.29, 1.82) is 0 Å². The summed E-state index contributed by atoms with van der Waals surface area (Å²) in [4.78, 5) is 9.32. The van der Waals surface area contributed by atoms with Gasteiger partial charge in [-0.1, -0.05) is 6.08 Å². The second-order valence-corrected chi connectivity index (χ2v) is 7.36. The zero-order valence-electron chi connectivity index (χ0n) is 14.3. The summed E-state index contributed by atoms with van der Waals surface area (Å²) in [6, 6.07) is 8.51. The highest BCUT2D eigenvalue weighted by molar-refractivity contribution is 7.21. The maximum Gasteiger partial charge on any atom is 0.170 e. The van der Waals surface area contributed by atoms with E-state index in [9.17, 15) is 0 Å². The number of fused-ring (bicyclic) bond motifs is 2. The highest BCUT2D eigenvalue weighted by Crippen LogP contribution is 2.32. The maximum absolute atomic E-state index is 4.73. The van der Waals surface area contributed by atoms with Crippen LogP contribution in [0.25, 0.3) is 37.4 Å². The third-order valence-electron chi connectivity index (χ3n) is 4.55. The van der Waals surface area contributed by atoms with Gasteiger partial charge >= 0.3 is 0 Å². The number of pyridine rings is 1. The summed E-state index contributed by atoms with van der Waals surface area (Å²) >= 11 is 1.70. The Balaban J connectivity index is 0.00000168. The molecule has 0 bridgehead atoms. The van der Waals surface area contributed by atoms with Crippen LogP contribution >= 0.6 is 23.7 Å². The predicted octanol–water partition coefficient (Wildman–Crippen LogP) is 4.04. The van der Waals surface area contributed by atoms with E-state index in [4.69, 9.17) is 4.98 Å². The molecule has 0 fully saturated rings. The summed E-state index contributed by atoms with van der Waals surface area (Å²) in [5.41, 5.74) is 5.54. The molecular formula is C19H18ClN5S. The average molecular weight is 384 g/mol. The molecule has 1 aliphatic heterocycles. The van der Waals surface area contributed by atoms with Crippen LogP contribution in [0.5, 0.6) is 0 Å². The van der Waals surface area contributed by atoms with Crippen LogP contribution in [-0.2, 0) is 7.05 Å². The van der Waals surface area contributed by atoms with Crippen molar-refractivity contribution in [3.05, 3.63) is 48.3 Å². The standard InChI is InChI=1S/C19H17N5S.ClH/c1-24-11-15-8-13(2-3-16(15)23-24)19-22-18-17(25-19)9-14(10-21-18)12-4-6-20-7-5-12;/h2-4,8-11,20H,5-7H2,1H3;1H. The fourth-order valence-corrected chi connectivity index (χ4v) is 4.25. The first-order chi connectivity index (χ1) is 12.3. The third kappa shape index (κ3) is 3.00. The van der Waals surface area contributed by atoms with Crippen molar-refractivity contribution in [2.45, 2.75) is 6.42 Å². The number of halogens is 1. The molecule has 0 unspecified atom stereocenters. The molecule has 0 aliphatic carbocycles. The number of hydrogen-bond acceptors (Lipinski definition) is 5. The van der Waals surface area contributed by atoms with Gasteiger partial charge in [-0.25, -0.2) is 9.97 Å². The topological polar surface area (TPSA) is 55.6 Å². The molecule has 0 saturated heterocycles. The van der Waals surface area contributed by atoms with Crippen LogP contribution in [0.2, 0.25) is 0 Å². The molecular weight excluding hydrogens is 366 g/mol. The first-order valence-corrected chi connectivity index (χ1v) is 9.18. The van der Waals surface area contributed by atoms with Gasteiger partial charge in [0.05, 0.1) is 10.2 Å². The number of rotatable bonds is 2. The Kier molecular flexibility index (Phi) is 4.48. The molecule has 4 aromatic rings. The van der Waals surface area contributed by atoms with Crippen molar-refractivity contribution in [2.24, 2.45) is 7.05 Å². The summed E-state index contributed by atoms with van der Waals surface area (Å²) in [7, 11) is 1.94. The molecule has 0 radical (unpaired) electrons. The van der Waals surface area contributed by atoms with Crippen LogP contribution < -0.4 is 5.32 Å². The first kappa shape index (κ1) is 17.1. The van der Waals surface area contributed by atoms with Crippen LogP contribution in [0.4, 0.5) is 0 Å². The first-order valence-electron chi connectivity index (χ1n) is 8.37. The van der Waals surface area contributed by atoms with Gasteiger partial charge in [0, 0.05) is 36.9 Å². The number of nitrogens with one attached hydrogen (secondary N) is 1. The van der Waals surface area contributed by atoms with E-state index < -0.39 is 0 Å². The van der Waals surface area contributed by atoms with E-state index in [0.717, 1.165) is 51.3 Å². The smallest absolute Gasteiger partial charge is 0.170 e. The van der Waals surface area contributed by atoms with Crippen LogP contribution in [0.3, 0.4) is 0 Å². The van der Waals surface area contributed by atoms with Gasteiger partial charge in [-0.15, -0.1) is 23.7 Å². The largest absolute Gasteiger partial charge is 0.313 e.